The minimum atomic E-state index is -0.530. The van der Waals surface area contributed by atoms with E-state index < -0.39 is 18.0 Å². The van der Waals surface area contributed by atoms with E-state index in [-0.39, 0.29) is 18.6 Å². The molecule has 1 aliphatic heterocycles. The number of likely N-dealkylation sites (tertiary alicyclic amines) is 1. The molecule has 7 nitrogen and oxygen atoms in total. The zero-order chi connectivity index (χ0) is 19.2. The zero-order valence-electron chi connectivity index (χ0n) is 15.6. The second-order valence-corrected chi connectivity index (χ2v) is 7.28. The number of imide groups is 1. The number of urea groups is 1. The first kappa shape index (κ1) is 19.4. The molecular weight excluding hydrogens is 346 g/mol. The molecule has 1 aliphatic carbocycles. The molecule has 0 aromatic heterocycles. The maximum atomic E-state index is 12.4. The van der Waals surface area contributed by atoms with Gasteiger partial charge in [-0.05, 0) is 30.7 Å². The Kier molecular flexibility index (Phi) is 6.45. The molecule has 2 N–H and O–H groups in total. The van der Waals surface area contributed by atoms with Gasteiger partial charge < -0.3 is 10.1 Å². The number of carbonyl (C=O) groups excluding carboxylic acids is 3. The van der Waals surface area contributed by atoms with E-state index in [4.69, 9.17) is 4.74 Å². The van der Waals surface area contributed by atoms with Gasteiger partial charge in [-0.3, -0.25) is 19.8 Å². The van der Waals surface area contributed by atoms with Crippen molar-refractivity contribution in [2.45, 2.75) is 50.7 Å². The fraction of sp³-hybridized carbons (Fsp3) is 0.550. The Balaban J connectivity index is 1.54. The first-order valence-corrected chi connectivity index (χ1v) is 9.53. The molecule has 2 aliphatic rings. The van der Waals surface area contributed by atoms with Gasteiger partial charge in [-0.2, -0.15) is 0 Å². The van der Waals surface area contributed by atoms with Crippen LogP contribution < -0.4 is 10.6 Å². The Hall–Kier alpha value is -2.41. The Morgan fingerprint density at radius 2 is 1.89 bits per heavy atom. The highest BCUT2D eigenvalue weighted by atomic mass is 16.5. The summed E-state index contributed by atoms with van der Waals surface area (Å²) in [4.78, 5) is 38.5. The molecule has 3 amide bonds. The Labute approximate surface area is 159 Å². The van der Waals surface area contributed by atoms with Crippen molar-refractivity contribution in [3.8, 4) is 0 Å². The van der Waals surface area contributed by atoms with Crippen LogP contribution in [0.1, 0.15) is 37.7 Å². The largest absolute Gasteiger partial charge is 0.468 e. The smallest absolute Gasteiger partial charge is 0.323 e. The number of rotatable bonds is 5. The van der Waals surface area contributed by atoms with Crippen LogP contribution >= 0.6 is 0 Å². The van der Waals surface area contributed by atoms with Gasteiger partial charge in [-0.15, -0.1) is 0 Å². The van der Waals surface area contributed by atoms with Crippen LogP contribution in [0.2, 0.25) is 0 Å². The third kappa shape index (κ3) is 4.86. The van der Waals surface area contributed by atoms with Gasteiger partial charge in [0.2, 0.25) is 5.91 Å². The van der Waals surface area contributed by atoms with Crippen molar-refractivity contribution in [1.82, 2.24) is 15.5 Å². The second-order valence-electron chi connectivity index (χ2n) is 7.28. The quantitative estimate of drug-likeness (QED) is 0.769. The van der Waals surface area contributed by atoms with E-state index in [0.29, 0.717) is 12.5 Å². The Morgan fingerprint density at radius 3 is 2.63 bits per heavy atom. The van der Waals surface area contributed by atoms with E-state index in [9.17, 15) is 14.4 Å². The topological polar surface area (TPSA) is 87.7 Å². The van der Waals surface area contributed by atoms with E-state index in [1.165, 1.54) is 7.11 Å². The number of fused-ring (bicyclic) bond motifs is 1. The standard InChI is InChI=1S/C20H27N3O4/c1-27-19(25)17-11-15-9-5-6-10-16(15)23(17)13-18(24)22-20(26)21-12-14-7-3-2-4-8-14/h2-4,7-8,15-17H,5-6,9-13H2,1H3,(H2,21,22,24,26)/t15-,16-,17+/m1/s1. The summed E-state index contributed by atoms with van der Waals surface area (Å²) in [6.45, 7) is 0.374. The first-order valence-electron chi connectivity index (χ1n) is 9.53. The van der Waals surface area contributed by atoms with Crippen molar-refractivity contribution in [1.29, 1.82) is 0 Å². The fourth-order valence-corrected chi connectivity index (χ4v) is 4.30. The molecule has 146 valence electrons. The SMILES string of the molecule is COC(=O)[C@@H]1C[C@H]2CCCC[C@H]2N1CC(=O)NC(=O)NCc1ccccc1. The highest BCUT2D eigenvalue weighted by molar-refractivity contribution is 5.95. The van der Waals surface area contributed by atoms with Gasteiger partial charge in [-0.25, -0.2) is 4.79 Å². The van der Waals surface area contributed by atoms with E-state index in [0.717, 1.165) is 37.7 Å². The van der Waals surface area contributed by atoms with Gasteiger partial charge in [0.1, 0.15) is 6.04 Å². The number of nitrogens with one attached hydrogen (secondary N) is 2. The van der Waals surface area contributed by atoms with Gasteiger partial charge >= 0.3 is 12.0 Å². The normalized spacial score (nSPS) is 24.7. The molecule has 3 atom stereocenters. The van der Waals surface area contributed by atoms with Crippen molar-refractivity contribution in [3.05, 3.63) is 35.9 Å². The third-order valence-electron chi connectivity index (χ3n) is 5.57. The van der Waals surface area contributed by atoms with Gasteiger partial charge in [-0.1, -0.05) is 43.2 Å². The summed E-state index contributed by atoms with van der Waals surface area (Å²) in [6, 6.07) is 8.76. The molecule has 0 bridgehead atoms. The van der Waals surface area contributed by atoms with E-state index in [2.05, 4.69) is 10.6 Å². The molecule has 0 radical (unpaired) electrons. The maximum absolute atomic E-state index is 12.4. The number of nitrogens with zero attached hydrogens (tertiary/aromatic N) is 1. The maximum Gasteiger partial charge on any atom is 0.323 e. The van der Waals surface area contributed by atoms with Crippen LogP contribution in [-0.2, 0) is 20.9 Å². The minimum Gasteiger partial charge on any atom is -0.468 e. The number of hydrogen-bond donors (Lipinski definition) is 2. The lowest BCUT2D eigenvalue weighted by molar-refractivity contribution is -0.146. The summed E-state index contributed by atoms with van der Waals surface area (Å²) < 4.78 is 4.93. The molecule has 1 aromatic carbocycles. The van der Waals surface area contributed by atoms with Gasteiger partial charge in [0.15, 0.2) is 0 Å². The van der Waals surface area contributed by atoms with Gasteiger partial charge in [0.25, 0.3) is 0 Å². The number of carbonyl (C=O) groups is 3. The minimum absolute atomic E-state index is 0.0275. The predicted octanol–water partition coefficient (Wildman–Crippen LogP) is 1.82. The van der Waals surface area contributed by atoms with Crippen LogP contribution in [0.25, 0.3) is 0 Å². The fourth-order valence-electron chi connectivity index (χ4n) is 4.30. The summed E-state index contributed by atoms with van der Waals surface area (Å²) in [5, 5.41) is 5.04. The summed E-state index contributed by atoms with van der Waals surface area (Å²) in [7, 11) is 1.37. The summed E-state index contributed by atoms with van der Waals surface area (Å²) in [5.41, 5.74) is 0.954. The summed E-state index contributed by atoms with van der Waals surface area (Å²) >= 11 is 0. The lowest BCUT2D eigenvalue weighted by Gasteiger charge is -2.32. The first-order chi connectivity index (χ1) is 13.1. The molecule has 0 unspecified atom stereocenters. The molecule has 1 saturated carbocycles. The molecule has 7 heteroatoms. The highest BCUT2D eigenvalue weighted by Crippen LogP contribution is 2.39. The molecule has 2 fully saturated rings. The molecule has 1 saturated heterocycles. The number of hydrogen-bond acceptors (Lipinski definition) is 5. The van der Waals surface area contributed by atoms with E-state index in [1.807, 2.05) is 35.2 Å². The average molecular weight is 373 g/mol. The highest BCUT2D eigenvalue weighted by Gasteiger charge is 2.46. The zero-order valence-corrected chi connectivity index (χ0v) is 15.6. The van der Waals surface area contributed by atoms with Gasteiger partial charge in [0.05, 0.1) is 13.7 Å². The molecule has 27 heavy (non-hydrogen) atoms. The Morgan fingerprint density at radius 1 is 1.15 bits per heavy atom. The molecule has 1 aromatic rings. The van der Waals surface area contributed by atoms with Crippen molar-refractivity contribution in [2.75, 3.05) is 13.7 Å². The van der Waals surface area contributed by atoms with Crippen molar-refractivity contribution in [3.63, 3.8) is 0 Å². The van der Waals surface area contributed by atoms with Crippen LogP contribution in [0.15, 0.2) is 30.3 Å². The molecule has 3 rings (SSSR count). The molecule has 0 spiro atoms. The molecule has 1 heterocycles. The lowest BCUT2D eigenvalue weighted by atomic mass is 9.85. The van der Waals surface area contributed by atoms with Gasteiger partial charge in [0, 0.05) is 12.6 Å². The van der Waals surface area contributed by atoms with Crippen LogP contribution in [0.4, 0.5) is 4.79 Å². The third-order valence-corrected chi connectivity index (χ3v) is 5.57. The number of benzene rings is 1. The monoisotopic (exact) mass is 373 g/mol. The van der Waals surface area contributed by atoms with Crippen LogP contribution in [0.5, 0.6) is 0 Å². The van der Waals surface area contributed by atoms with Crippen molar-refractivity contribution in [2.24, 2.45) is 5.92 Å². The number of ether oxygens (including phenoxy) is 1. The van der Waals surface area contributed by atoms with Crippen molar-refractivity contribution < 1.29 is 19.1 Å². The van der Waals surface area contributed by atoms with E-state index in [1.54, 1.807) is 0 Å². The number of methoxy groups -OCH3 is 1. The van der Waals surface area contributed by atoms with Crippen molar-refractivity contribution >= 4 is 17.9 Å². The average Bonchev–Trinajstić information content (AvgIpc) is 3.05. The summed E-state index contributed by atoms with van der Waals surface area (Å²) in [6.07, 6.45) is 5.05. The Bertz CT molecular complexity index is 679. The number of esters is 1. The van der Waals surface area contributed by atoms with Crippen LogP contribution in [0, 0.1) is 5.92 Å². The second kappa shape index (κ2) is 8.99. The van der Waals surface area contributed by atoms with E-state index >= 15 is 0 Å². The predicted molar refractivity (Wildman–Crippen MR) is 99.7 cm³/mol. The molecular formula is C20H27N3O4. The van der Waals surface area contributed by atoms with Crippen LogP contribution in [0.3, 0.4) is 0 Å². The number of amides is 3. The van der Waals surface area contributed by atoms with Crippen LogP contribution in [-0.4, -0.2) is 48.5 Å². The summed E-state index contributed by atoms with van der Waals surface area (Å²) in [5.74, 6) is -0.283. The lowest BCUT2D eigenvalue weighted by Crippen LogP contribution is -2.50.